The smallest absolute Gasteiger partial charge is 0.411 e. The zero-order chi connectivity index (χ0) is 23.4. The van der Waals surface area contributed by atoms with Crippen LogP contribution in [-0.4, -0.2) is 28.4 Å². The Morgan fingerprint density at radius 1 is 1.12 bits per heavy atom. The number of ether oxygens (including phenoxy) is 1. The van der Waals surface area contributed by atoms with Crippen LogP contribution in [0.4, 0.5) is 4.79 Å². The predicted octanol–water partition coefficient (Wildman–Crippen LogP) is 5.12. The topological polar surface area (TPSA) is 85.5 Å². The molecule has 6 heteroatoms. The molecule has 2 atom stereocenters. The van der Waals surface area contributed by atoms with Gasteiger partial charge in [-0.05, 0) is 48.2 Å². The van der Waals surface area contributed by atoms with Gasteiger partial charge in [-0.3, -0.25) is 9.78 Å². The van der Waals surface area contributed by atoms with Crippen molar-refractivity contribution in [2.75, 3.05) is 6.54 Å². The van der Waals surface area contributed by atoms with Crippen molar-refractivity contribution >= 4 is 12.0 Å². The Morgan fingerprint density at radius 3 is 2.48 bits per heavy atom. The van der Waals surface area contributed by atoms with E-state index in [1.54, 1.807) is 4.90 Å². The average molecular weight is 444 g/mol. The molecule has 33 heavy (non-hydrogen) atoms. The van der Waals surface area contributed by atoms with Crippen LogP contribution in [-0.2, 0) is 15.1 Å². The zero-order valence-electron chi connectivity index (χ0n) is 19.0. The number of carbonyl (C=O) groups excluding carboxylic acids is 2. The summed E-state index contributed by atoms with van der Waals surface area (Å²) in [5.41, 5.74) is 9.67. The van der Waals surface area contributed by atoms with E-state index in [4.69, 9.17) is 10.5 Å². The van der Waals surface area contributed by atoms with E-state index in [1.165, 1.54) is 0 Å². The lowest BCUT2D eigenvalue weighted by Crippen LogP contribution is -2.49. The third kappa shape index (κ3) is 4.90. The highest BCUT2D eigenvalue weighted by molar-refractivity contribution is 5.74. The molecule has 2 aromatic carbocycles. The van der Waals surface area contributed by atoms with Crippen LogP contribution in [0.1, 0.15) is 49.0 Å². The first-order chi connectivity index (χ1) is 15.9. The molecule has 1 saturated heterocycles. The molecule has 1 aliphatic rings. The highest BCUT2D eigenvalue weighted by Crippen LogP contribution is 2.40. The van der Waals surface area contributed by atoms with Crippen LogP contribution in [0.2, 0.25) is 0 Å². The highest BCUT2D eigenvalue weighted by atomic mass is 16.6. The Hall–Kier alpha value is -3.67. The highest BCUT2D eigenvalue weighted by Gasteiger charge is 2.43. The fraction of sp³-hybridized carbons (Fsp3) is 0.296. The number of hydrogen-bond donors (Lipinski definition) is 1. The molecule has 0 bridgehead atoms. The van der Waals surface area contributed by atoms with Gasteiger partial charge in [-0.25, -0.2) is 4.79 Å². The number of hydrogen-bond acceptors (Lipinski definition) is 4. The number of cyclic esters (lactones) is 1. The maximum Gasteiger partial charge on any atom is 0.411 e. The van der Waals surface area contributed by atoms with E-state index < -0.39 is 11.5 Å². The zero-order valence-corrected chi connectivity index (χ0v) is 19.0. The number of rotatable bonds is 7. The molecule has 3 aromatic rings. The van der Waals surface area contributed by atoms with Crippen molar-refractivity contribution in [3.63, 3.8) is 0 Å². The minimum absolute atomic E-state index is 0.143. The number of nitrogens with zero attached hydrogens (tertiary/aromatic N) is 2. The van der Waals surface area contributed by atoms with Gasteiger partial charge in [-0.15, -0.1) is 0 Å². The van der Waals surface area contributed by atoms with Crippen molar-refractivity contribution in [1.29, 1.82) is 0 Å². The number of aryl methyl sites for hydroxylation is 1. The van der Waals surface area contributed by atoms with Gasteiger partial charge >= 0.3 is 6.09 Å². The van der Waals surface area contributed by atoms with Gasteiger partial charge in [0.05, 0.1) is 6.04 Å². The van der Waals surface area contributed by atoms with Crippen molar-refractivity contribution in [2.24, 2.45) is 5.73 Å². The Labute approximate surface area is 194 Å². The van der Waals surface area contributed by atoms with E-state index in [0.717, 1.165) is 27.9 Å². The van der Waals surface area contributed by atoms with Crippen molar-refractivity contribution in [3.05, 3.63) is 89.7 Å². The van der Waals surface area contributed by atoms with Crippen molar-refractivity contribution < 1.29 is 14.3 Å². The molecule has 1 aromatic heterocycles. The molecule has 170 valence electrons. The minimum atomic E-state index is -0.841. The summed E-state index contributed by atoms with van der Waals surface area (Å²) in [7, 11) is 0. The van der Waals surface area contributed by atoms with E-state index >= 15 is 0 Å². The first kappa shape index (κ1) is 22.5. The van der Waals surface area contributed by atoms with Crippen molar-refractivity contribution in [3.8, 4) is 11.1 Å². The molecule has 2 heterocycles. The first-order valence-electron chi connectivity index (χ1n) is 11.2. The third-order valence-corrected chi connectivity index (χ3v) is 6.44. The van der Waals surface area contributed by atoms with Gasteiger partial charge in [0.1, 0.15) is 5.60 Å². The Morgan fingerprint density at radius 2 is 1.85 bits per heavy atom. The molecule has 0 unspecified atom stereocenters. The molecule has 6 nitrogen and oxygen atoms in total. The molecule has 1 fully saturated rings. The maximum atomic E-state index is 13.1. The first-order valence-corrected chi connectivity index (χ1v) is 11.2. The van der Waals surface area contributed by atoms with E-state index in [9.17, 15) is 9.59 Å². The maximum absolute atomic E-state index is 13.1. The van der Waals surface area contributed by atoms with Crippen LogP contribution in [0.5, 0.6) is 0 Å². The fourth-order valence-electron chi connectivity index (χ4n) is 4.47. The monoisotopic (exact) mass is 443 g/mol. The van der Waals surface area contributed by atoms with Crippen LogP contribution in [0.25, 0.3) is 11.1 Å². The Kier molecular flexibility index (Phi) is 6.45. The Balaban J connectivity index is 1.51. The standard InChI is InChI=1S/C27H29N3O3/c1-19-18-23(13-16-29-19)22-10-8-21(9-11-22)20(2)30-17-15-27(33-26(30)32,14-12-25(28)31)24-6-4-3-5-7-24/h3-11,13,16,18,20H,12,14-15,17H2,1-2H3,(H2,28,31)/t20-,27-/m0/s1. The van der Waals surface area contributed by atoms with Gasteiger partial charge in [0, 0.05) is 37.7 Å². The van der Waals surface area contributed by atoms with Gasteiger partial charge in [0.15, 0.2) is 0 Å². The van der Waals surface area contributed by atoms with E-state index in [-0.39, 0.29) is 18.6 Å². The summed E-state index contributed by atoms with van der Waals surface area (Å²) in [5.74, 6) is -0.401. The van der Waals surface area contributed by atoms with Crippen LogP contribution >= 0.6 is 0 Å². The third-order valence-electron chi connectivity index (χ3n) is 6.44. The number of carbonyl (C=O) groups is 2. The summed E-state index contributed by atoms with van der Waals surface area (Å²) >= 11 is 0. The normalized spacial score (nSPS) is 19.1. The lowest BCUT2D eigenvalue weighted by atomic mass is 9.84. The molecule has 2 N–H and O–H groups in total. The molecule has 4 rings (SSSR count). The van der Waals surface area contributed by atoms with Crippen molar-refractivity contribution in [2.45, 2.75) is 44.8 Å². The molecular weight excluding hydrogens is 414 g/mol. The summed E-state index contributed by atoms with van der Waals surface area (Å²) in [5, 5.41) is 0. The van der Waals surface area contributed by atoms with E-state index in [2.05, 4.69) is 35.3 Å². The van der Waals surface area contributed by atoms with Crippen LogP contribution in [0, 0.1) is 6.92 Å². The van der Waals surface area contributed by atoms with Crippen LogP contribution in [0.3, 0.4) is 0 Å². The van der Waals surface area contributed by atoms with Gasteiger partial charge in [0.2, 0.25) is 5.91 Å². The summed E-state index contributed by atoms with van der Waals surface area (Å²) < 4.78 is 6.04. The number of benzene rings is 2. The second-order valence-electron chi connectivity index (χ2n) is 8.62. The van der Waals surface area contributed by atoms with Gasteiger partial charge < -0.3 is 15.4 Å². The summed E-state index contributed by atoms with van der Waals surface area (Å²) in [6.45, 7) is 4.51. The molecule has 0 aliphatic carbocycles. The number of primary amides is 1. The molecule has 0 radical (unpaired) electrons. The van der Waals surface area contributed by atoms with Gasteiger partial charge in [0.25, 0.3) is 0 Å². The molecule has 0 spiro atoms. The molecule has 2 amide bonds. The molecular formula is C27H29N3O3. The minimum Gasteiger partial charge on any atom is -0.438 e. The predicted molar refractivity (Wildman–Crippen MR) is 127 cm³/mol. The number of aromatic nitrogens is 1. The molecule has 1 aliphatic heterocycles. The number of pyridine rings is 1. The van der Waals surface area contributed by atoms with Gasteiger partial charge in [-0.2, -0.15) is 0 Å². The lowest BCUT2D eigenvalue weighted by molar-refractivity contribution is -0.121. The second-order valence-corrected chi connectivity index (χ2v) is 8.62. The lowest BCUT2D eigenvalue weighted by Gasteiger charge is -2.43. The second kappa shape index (κ2) is 9.45. The Bertz CT molecular complexity index is 1130. The SMILES string of the molecule is Cc1cc(-c2ccc([C@H](C)N3CC[C@@](CCC(N)=O)(c4ccccc4)OC3=O)cc2)ccn1. The summed E-state index contributed by atoms with van der Waals surface area (Å²) in [6, 6.07) is 21.7. The number of nitrogens with two attached hydrogens (primary N) is 1. The van der Waals surface area contributed by atoms with E-state index in [0.29, 0.717) is 19.4 Å². The number of amides is 2. The summed E-state index contributed by atoms with van der Waals surface area (Å²) in [6.07, 6.45) is 2.56. The molecule has 0 saturated carbocycles. The van der Waals surface area contributed by atoms with Gasteiger partial charge in [-0.1, -0.05) is 54.6 Å². The largest absolute Gasteiger partial charge is 0.438 e. The van der Waals surface area contributed by atoms with Crippen molar-refractivity contribution in [1.82, 2.24) is 9.88 Å². The summed E-state index contributed by atoms with van der Waals surface area (Å²) in [4.78, 5) is 30.6. The fourth-order valence-corrected chi connectivity index (χ4v) is 4.47. The quantitative estimate of drug-likeness (QED) is 0.549. The van der Waals surface area contributed by atoms with E-state index in [1.807, 2.05) is 56.4 Å². The average Bonchev–Trinajstić information content (AvgIpc) is 2.83. The van der Waals surface area contributed by atoms with Crippen LogP contribution < -0.4 is 5.73 Å². The van der Waals surface area contributed by atoms with Crippen LogP contribution in [0.15, 0.2) is 72.9 Å².